The number of hydrogen-bond donors (Lipinski definition) is 3. The molecule has 0 unspecified atom stereocenters. The number of rotatable bonds is 4. The zero-order chi connectivity index (χ0) is 18.3. The number of imidazole rings is 1. The average molecular weight is 352 g/mol. The number of carboxylic acids is 1. The topological polar surface area (TPSA) is 139 Å². The third-order valence-electron chi connectivity index (χ3n) is 3.91. The van der Waals surface area contributed by atoms with Gasteiger partial charge in [0.1, 0.15) is 5.52 Å². The van der Waals surface area contributed by atoms with Crippen LogP contribution in [0.25, 0.3) is 16.9 Å². The number of nitrogens with one attached hydrogen (secondary N) is 2. The predicted octanol–water partition coefficient (Wildman–Crippen LogP) is 0.345. The van der Waals surface area contributed by atoms with E-state index in [1.54, 1.807) is 23.0 Å². The number of H-pyrrole nitrogens is 2. The van der Waals surface area contributed by atoms with E-state index in [2.05, 4.69) is 20.1 Å². The number of carbonyl (C=O) groups is 1. The van der Waals surface area contributed by atoms with E-state index in [9.17, 15) is 14.4 Å². The van der Waals surface area contributed by atoms with Gasteiger partial charge in [-0.1, -0.05) is 12.1 Å². The molecule has 4 aromatic rings. The highest BCUT2D eigenvalue weighted by molar-refractivity contribution is 5.87. The van der Waals surface area contributed by atoms with Gasteiger partial charge in [0.05, 0.1) is 30.3 Å². The van der Waals surface area contributed by atoms with Gasteiger partial charge >= 0.3 is 11.7 Å². The first-order valence-corrected chi connectivity index (χ1v) is 7.56. The smallest absolute Gasteiger partial charge is 0.335 e. The molecule has 0 aliphatic rings. The van der Waals surface area contributed by atoms with Gasteiger partial charge < -0.3 is 10.1 Å². The molecule has 1 aromatic carbocycles. The molecule has 0 saturated heterocycles. The lowest BCUT2D eigenvalue weighted by atomic mass is 10.1. The highest BCUT2D eigenvalue weighted by atomic mass is 16.4. The number of aromatic amines is 2. The minimum absolute atomic E-state index is 0.195. The summed E-state index contributed by atoms with van der Waals surface area (Å²) in [5, 5.41) is 13.1. The molecule has 0 fully saturated rings. The molecule has 0 aliphatic heterocycles. The van der Waals surface area contributed by atoms with Crippen LogP contribution in [0, 0.1) is 0 Å². The summed E-state index contributed by atoms with van der Waals surface area (Å²) in [7, 11) is 0. The maximum atomic E-state index is 12.5. The highest BCUT2D eigenvalue weighted by Gasteiger charge is 2.13. The number of fused-ring (bicyclic) bond motifs is 1. The van der Waals surface area contributed by atoms with Crippen LogP contribution < -0.4 is 11.2 Å². The van der Waals surface area contributed by atoms with Gasteiger partial charge in [-0.2, -0.15) is 5.10 Å². The van der Waals surface area contributed by atoms with Gasteiger partial charge in [0.2, 0.25) is 0 Å². The lowest BCUT2D eigenvalue weighted by Crippen LogP contribution is -2.33. The van der Waals surface area contributed by atoms with Gasteiger partial charge in [-0.3, -0.25) is 14.5 Å². The van der Waals surface area contributed by atoms with E-state index in [4.69, 9.17) is 5.11 Å². The second-order valence-corrected chi connectivity index (χ2v) is 5.60. The van der Waals surface area contributed by atoms with E-state index < -0.39 is 17.2 Å². The molecule has 4 rings (SSSR count). The summed E-state index contributed by atoms with van der Waals surface area (Å²) in [5.41, 5.74) is 0.598. The van der Waals surface area contributed by atoms with Crippen LogP contribution in [0.2, 0.25) is 0 Å². The fraction of sp³-hybridized carbons (Fsp3) is 0.0625. The molecule has 0 atom stereocenters. The minimum Gasteiger partial charge on any atom is -0.478 e. The lowest BCUT2D eigenvalue weighted by Gasteiger charge is -2.03. The number of carboxylic acid groups (broad SMARTS) is 1. The van der Waals surface area contributed by atoms with E-state index in [1.165, 1.54) is 24.7 Å². The standard InChI is InChI=1S/C16H12N6O4/c23-14-12-13(18-8-17-12)20-16(26)22(14)11-5-19-21(7-11)6-9-1-3-10(4-2-9)15(24)25/h1-5,7-8H,6H2,(H,17,18)(H,20,26)(H,24,25). The molecule has 10 nitrogen and oxygen atoms in total. The van der Waals surface area contributed by atoms with Crippen LogP contribution in [0.1, 0.15) is 15.9 Å². The SMILES string of the molecule is O=C(O)c1ccc(Cn2cc(-n3c(=O)[nH]c4nc[nH]c4c3=O)cn2)cc1. The van der Waals surface area contributed by atoms with Crippen LogP contribution in [-0.2, 0) is 6.54 Å². The zero-order valence-electron chi connectivity index (χ0n) is 13.2. The number of aromatic nitrogens is 6. The monoisotopic (exact) mass is 352 g/mol. The molecule has 3 aromatic heterocycles. The van der Waals surface area contributed by atoms with Crippen LogP contribution in [0.4, 0.5) is 0 Å². The van der Waals surface area contributed by atoms with Gasteiger partial charge in [-0.25, -0.2) is 19.1 Å². The van der Waals surface area contributed by atoms with Crippen molar-refractivity contribution < 1.29 is 9.90 Å². The molecule has 130 valence electrons. The molecule has 10 heteroatoms. The van der Waals surface area contributed by atoms with E-state index in [1.807, 2.05) is 0 Å². The van der Waals surface area contributed by atoms with Crippen LogP contribution in [0.5, 0.6) is 0 Å². The van der Waals surface area contributed by atoms with Crippen LogP contribution in [-0.4, -0.2) is 40.4 Å². The fourth-order valence-electron chi connectivity index (χ4n) is 2.64. The maximum absolute atomic E-state index is 12.5. The van der Waals surface area contributed by atoms with Crippen molar-refractivity contribution >= 4 is 17.1 Å². The van der Waals surface area contributed by atoms with E-state index in [-0.39, 0.29) is 16.7 Å². The summed E-state index contributed by atoms with van der Waals surface area (Å²) in [6.45, 7) is 0.360. The quantitative estimate of drug-likeness (QED) is 0.484. The second-order valence-electron chi connectivity index (χ2n) is 5.60. The van der Waals surface area contributed by atoms with Crippen LogP contribution in [0.3, 0.4) is 0 Å². The van der Waals surface area contributed by atoms with Crippen molar-refractivity contribution in [3.8, 4) is 5.69 Å². The molecule has 3 N–H and O–H groups in total. The number of benzene rings is 1. The zero-order valence-corrected chi connectivity index (χ0v) is 13.2. The average Bonchev–Trinajstić information content (AvgIpc) is 3.25. The van der Waals surface area contributed by atoms with Crippen molar-refractivity contribution in [2.75, 3.05) is 0 Å². The molecular weight excluding hydrogens is 340 g/mol. The Labute approximate surface area is 144 Å². The summed E-state index contributed by atoms with van der Waals surface area (Å²) >= 11 is 0. The normalized spacial score (nSPS) is 11.1. The number of hydrogen-bond acceptors (Lipinski definition) is 5. The highest BCUT2D eigenvalue weighted by Crippen LogP contribution is 2.08. The van der Waals surface area contributed by atoms with Gasteiger partial charge in [0, 0.05) is 6.20 Å². The van der Waals surface area contributed by atoms with Gasteiger partial charge in [-0.15, -0.1) is 0 Å². The largest absolute Gasteiger partial charge is 0.478 e. The summed E-state index contributed by atoms with van der Waals surface area (Å²) in [6.07, 6.45) is 4.30. The Bertz CT molecular complexity index is 1230. The summed E-state index contributed by atoms with van der Waals surface area (Å²) in [6, 6.07) is 6.37. The Kier molecular flexibility index (Phi) is 3.50. The molecule has 26 heavy (non-hydrogen) atoms. The van der Waals surface area contributed by atoms with Crippen molar-refractivity contribution in [3.63, 3.8) is 0 Å². The summed E-state index contributed by atoms with van der Waals surface area (Å²) in [4.78, 5) is 44.6. The Balaban J connectivity index is 1.67. The minimum atomic E-state index is -0.995. The second kappa shape index (κ2) is 5.84. The first-order valence-electron chi connectivity index (χ1n) is 7.56. The first kappa shape index (κ1) is 15.6. The fourth-order valence-corrected chi connectivity index (χ4v) is 2.64. The summed E-state index contributed by atoms with van der Waals surface area (Å²) in [5.74, 6) is -0.995. The van der Waals surface area contributed by atoms with Crippen molar-refractivity contribution in [3.05, 3.63) is 75.0 Å². The van der Waals surface area contributed by atoms with Crippen LogP contribution >= 0.6 is 0 Å². The van der Waals surface area contributed by atoms with Gasteiger partial charge in [0.25, 0.3) is 5.56 Å². The third kappa shape index (κ3) is 2.59. The van der Waals surface area contributed by atoms with E-state index >= 15 is 0 Å². The maximum Gasteiger partial charge on any atom is 0.335 e. The lowest BCUT2D eigenvalue weighted by molar-refractivity contribution is 0.0697. The molecule has 0 bridgehead atoms. The molecule has 0 saturated carbocycles. The number of aromatic carboxylic acids is 1. The van der Waals surface area contributed by atoms with Crippen molar-refractivity contribution in [2.24, 2.45) is 0 Å². The molecule has 3 heterocycles. The molecule has 0 amide bonds. The molecular formula is C16H12N6O4. The Hall–Kier alpha value is -3.95. The van der Waals surface area contributed by atoms with Gasteiger partial charge in [0.15, 0.2) is 5.65 Å². The first-order chi connectivity index (χ1) is 12.5. The van der Waals surface area contributed by atoms with E-state index in [0.29, 0.717) is 12.2 Å². The Morgan fingerprint density at radius 3 is 2.69 bits per heavy atom. The Morgan fingerprint density at radius 1 is 1.19 bits per heavy atom. The third-order valence-corrected chi connectivity index (χ3v) is 3.91. The van der Waals surface area contributed by atoms with Gasteiger partial charge in [-0.05, 0) is 17.7 Å². The molecule has 0 aliphatic carbocycles. The van der Waals surface area contributed by atoms with Crippen molar-refractivity contribution in [1.82, 2.24) is 29.3 Å². The van der Waals surface area contributed by atoms with E-state index in [0.717, 1.165) is 10.1 Å². The molecule has 0 radical (unpaired) electrons. The predicted molar refractivity (Wildman–Crippen MR) is 90.6 cm³/mol. The van der Waals surface area contributed by atoms with Crippen molar-refractivity contribution in [2.45, 2.75) is 6.54 Å². The van der Waals surface area contributed by atoms with Crippen molar-refractivity contribution in [1.29, 1.82) is 0 Å². The molecule has 0 spiro atoms. The number of nitrogens with zero attached hydrogens (tertiary/aromatic N) is 4. The Morgan fingerprint density at radius 2 is 1.96 bits per heavy atom. The summed E-state index contributed by atoms with van der Waals surface area (Å²) < 4.78 is 2.52. The van der Waals surface area contributed by atoms with Crippen LogP contribution in [0.15, 0.2) is 52.6 Å².